The van der Waals surface area contributed by atoms with Crippen molar-refractivity contribution in [3.8, 4) is 0 Å². The van der Waals surface area contributed by atoms with Crippen molar-refractivity contribution in [3.05, 3.63) is 35.6 Å². The minimum absolute atomic E-state index is 0.183. The molecule has 0 saturated heterocycles. The molecule has 116 valence electrons. The van der Waals surface area contributed by atoms with Gasteiger partial charge in [0.1, 0.15) is 5.82 Å². The first kappa shape index (κ1) is 15.9. The number of hydrogen-bond donors (Lipinski definition) is 3. The predicted molar refractivity (Wildman–Crippen MR) is 77.1 cm³/mol. The number of hydrogen-bond acceptors (Lipinski definition) is 3. The van der Waals surface area contributed by atoms with E-state index in [-0.39, 0.29) is 18.1 Å². The molecule has 0 unspecified atom stereocenters. The molecule has 0 heterocycles. The highest BCUT2D eigenvalue weighted by Crippen LogP contribution is 2.19. The normalized spacial score (nSPS) is 26.1. The van der Waals surface area contributed by atoms with E-state index in [0.717, 1.165) is 18.4 Å². The molecular formula is C16H22FNO3. The highest BCUT2D eigenvalue weighted by molar-refractivity contribution is 5.76. The van der Waals surface area contributed by atoms with E-state index in [1.54, 1.807) is 12.1 Å². The largest absolute Gasteiger partial charge is 0.390 e. The molecule has 21 heavy (non-hydrogen) atoms. The molecule has 0 radical (unpaired) electrons. The highest BCUT2D eigenvalue weighted by atomic mass is 19.1. The number of benzene rings is 1. The highest BCUT2D eigenvalue weighted by Gasteiger charge is 2.29. The topological polar surface area (TPSA) is 69.6 Å². The number of nitrogens with one attached hydrogen (secondary N) is 1. The van der Waals surface area contributed by atoms with Gasteiger partial charge in [0.2, 0.25) is 5.91 Å². The summed E-state index contributed by atoms with van der Waals surface area (Å²) < 4.78 is 13.0. The molecule has 2 rings (SSSR count). The summed E-state index contributed by atoms with van der Waals surface area (Å²) in [6.45, 7) is 0. The van der Waals surface area contributed by atoms with Crippen molar-refractivity contribution in [1.82, 2.24) is 5.32 Å². The smallest absolute Gasteiger partial charge is 0.220 e. The Hall–Kier alpha value is -1.46. The van der Waals surface area contributed by atoms with E-state index >= 15 is 0 Å². The van der Waals surface area contributed by atoms with Crippen LogP contribution in [0.2, 0.25) is 0 Å². The van der Waals surface area contributed by atoms with E-state index in [1.165, 1.54) is 12.1 Å². The summed E-state index contributed by atoms with van der Waals surface area (Å²) in [6, 6.07) is 5.78. The monoisotopic (exact) mass is 295 g/mol. The number of amides is 1. The maximum Gasteiger partial charge on any atom is 0.220 e. The molecule has 0 aromatic heterocycles. The molecule has 1 aromatic rings. The molecule has 0 aliphatic heterocycles. The molecule has 5 heteroatoms. The Bertz CT molecular complexity index is 480. The Balaban J connectivity index is 1.83. The zero-order chi connectivity index (χ0) is 15.2. The number of halogens is 1. The molecule has 1 amide bonds. The van der Waals surface area contributed by atoms with Gasteiger partial charge in [-0.3, -0.25) is 4.79 Å². The van der Waals surface area contributed by atoms with E-state index in [0.29, 0.717) is 19.3 Å². The van der Waals surface area contributed by atoms with Gasteiger partial charge in [-0.05, 0) is 37.0 Å². The lowest BCUT2D eigenvalue weighted by molar-refractivity contribution is -0.123. The van der Waals surface area contributed by atoms with Crippen molar-refractivity contribution in [2.45, 2.75) is 56.8 Å². The minimum Gasteiger partial charge on any atom is -0.390 e. The van der Waals surface area contributed by atoms with Gasteiger partial charge in [-0.15, -0.1) is 0 Å². The third kappa shape index (κ3) is 4.79. The second-order valence-electron chi connectivity index (χ2n) is 5.65. The van der Waals surface area contributed by atoms with Crippen LogP contribution >= 0.6 is 0 Å². The average Bonchev–Trinajstić information content (AvgIpc) is 2.61. The van der Waals surface area contributed by atoms with Crippen LogP contribution in [0.25, 0.3) is 0 Å². The van der Waals surface area contributed by atoms with Gasteiger partial charge < -0.3 is 15.5 Å². The summed E-state index contributed by atoms with van der Waals surface area (Å²) in [6.07, 6.45) is 1.97. The van der Waals surface area contributed by atoms with Gasteiger partial charge in [-0.2, -0.15) is 0 Å². The summed E-state index contributed by atoms with van der Waals surface area (Å²) in [4.78, 5) is 11.9. The summed E-state index contributed by atoms with van der Waals surface area (Å²) in [7, 11) is 0. The number of carbonyl (C=O) groups excluding carboxylic acids is 1. The predicted octanol–water partition coefficient (Wildman–Crippen LogP) is 1.54. The van der Waals surface area contributed by atoms with Crippen molar-refractivity contribution in [1.29, 1.82) is 0 Å². The Labute approximate surface area is 124 Å². The maximum atomic E-state index is 13.0. The number of aliphatic hydroxyl groups is 2. The second kappa shape index (κ2) is 7.52. The Morgan fingerprint density at radius 3 is 2.81 bits per heavy atom. The van der Waals surface area contributed by atoms with Crippen LogP contribution in [-0.4, -0.2) is 34.4 Å². The van der Waals surface area contributed by atoms with Gasteiger partial charge in [0.15, 0.2) is 0 Å². The van der Waals surface area contributed by atoms with Crippen LogP contribution in [0.5, 0.6) is 0 Å². The van der Waals surface area contributed by atoms with Gasteiger partial charge in [0, 0.05) is 6.42 Å². The lowest BCUT2D eigenvalue weighted by Crippen LogP contribution is -2.47. The zero-order valence-corrected chi connectivity index (χ0v) is 12.0. The van der Waals surface area contributed by atoms with Gasteiger partial charge in [-0.25, -0.2) is 4.39 Å². The van der Waals surface area contributed by atoms with Crippen LogP contribution in [0.4, 0.5) is 4.39 Å². The Kier molecular flexibility index (Phi) is 5.70. The molecule has 1 aliphatic rings. The third-order valence-corrected chi connectivity index (χ3v) is 3.95. The lowest BCUT2D eigenvalue weighted by atomic mass is 10.0. The van der Waals surface area contributed by atoms with Crippen LogP contribution in [0.15, 0.2) is 24.3 Å². The number of aliphatic hydroxyl groups excluding tert-OH is 2. The summed E-state index contributed by atoms with van der Waals surface area (Å²) in [5.41, 5.74) is 0.770. The molecule has 3 atom stereocenters. The summed E-state index contributed by atoms with van der Waals surface area (Å²) >= 11 is 0. The van der Waals surface area contributed by atoms with E-state index in [4.69, 9.17) is 0 Å². The fraction of sp³-hybridized carbons (Fsp3) is 0.562. The van der Waals surface area contributed by atoms with Crippen molar-refractivity contribution >= 4 is 5.91 Å². The molecule has 1 aliphatic carbocycles. The lowest BCUT2D eigenvalue weighted by Gasteiger charge is -2.24. The quantitative estimate of drug-likeness (QED) is 0.738. The molecule has 0 bridgehead atoms. The van der Waals surface area contributed by atoms with E-state index < -0.39 is 18.2 Å². The molecule has 1 aromatic carbocycles. The van der Waals surface area contributed by atoms with Crippen LogP contribution in [-0.2, 0) is 11.2 Å². The molecule has 3 N–H and O–H groups in total. The molecule has 1 saturated carbocycles. The first-order chi connectivity index (χ1) is 10.1. The Morgan fingerprint density at radius 1 is 1.29 bits per heavy atom. The standard InChI is InChI=1S/C16H22FNO3/c17-12-5-3-4-11(10-12)8-9-15(20)18-13-6-1-2-7-14(19)16(13)21/h3-5,10,13-14,16,19,21H,1-2,6-9H2,(H,18,20)/t13-,14-,16-/m1/s1. The van der Waals surface area contributed by atoms with Crippen molar-refractivity contribution < 1.29 is 19.4 Å². The minimum atomic E-state index is -0.911. The van der Waals surface area contributed by atoms with Crippen molar-refractivity contribution in [2.75, 3.05) is 0 Å². The zero-order valence-electron chi connectivity index (χ0n) is 12.0. The number of aryl methyl sites for hydroxylation is 1. The Morgan fingerprint density at radius 2 is 2.05 bits per heavy atom. The van der Waals surface area contributed by atoms with Crippen LogP contribution in [0, 0.1) is 5.82 Å². The molecule has 1 fully saturated rings. The maximum absolute atomic E-state index is 13.0. The van der Waals surface area contributed by atoms with Gasteiger partial charge >= 0.3 is 0 Å². The van der Waals surface area contributed by atoms with Gasteiger partial charge in [0.25, 0.3) is 0 Å². The number of carbonyl (C=O) groups is 1. The van der Waals surface area contributed by atoms with Gasteiger partial charge in [0.05, 0.1) is 18.2 Å². The van der Waals surface area contributed by atoms with Crippen LogP contribution in [0.3, 0.4) is 0 Å². The fourth-order valence-corrected chi connectivity index (χ4v) is 2.71. The SMILES string of the molecule is O=C(CCc1cccc(F)c1)N[C@@H]1CCCC[C@@H](O)[C@@H]1O. The third-order valence-electron chi connectivity index (χ3n) is 3.95. The molecule has 4 nitrogen and oxygen atoms in total. The van der Waals surface area contributed by atoms with E-state index in [2.05, 4.69) is 5.32 Å². The van der Waals surface area contributed by atoms with Crippen LogP contribution in [0.1, 0.15) is 37.7 Å². The molecular weight excluding hydrogens is 273 g/mol. The van der Waals surface area contributed by atoms with Crippen molar-refractivity contribution in [2.24, 2.45) is 0 Å². The fourth-order valence-electron chi connectivity index (χ4n) is 2.71. The summed E-state index contributed by atoms with van der Waals surface area (Å²) in [5.74, 6) is -0.493. The first-order valence-corrected chi connectivity index (χ1v) is 7.46. The first-order valence-electron chi connectivity index (χ1n) is 7.46. The number of rotatable bonds is 4. The van der Waals surface area contributed by atoms with Crippen LogP contribution < -0.4 is 5.32 Å². The average molecular weight is 295 g/mol. The molecule has 0 spiro atoms. The van der Waals surface area contributed by atoms with E-state index in [9.17, 15) is 19.4 Å². The van der Waals surface area contributed by atoms with E-state index in [1.807, 2.05) is 0 Å². The van der Waals surface area contributed by atoms with Gasteiger partial charge in [-0.1, -0.05) is 25.0 Å². The second-order valence-corrected chi connectivity index (χ2v) is 5.65. The van der Waals surface area contributed by atoms with Crippen molar-refractivity contribution in [3.63, 3.8) is 0 Å². The summed E-state index contributed by atoms with van der Waals surface area (Å²) in [5, 5.41) is 22.5.